The summed E-state index contributed by atoms with van der Waals surface area (Å²) in [7, 11) is 0. The quantitative estimate of drug-likeness (QED) is 0.170. The summed E-state index contributed by atoms with van der Waals surface area (Å²) < 4.78 is 6.70. The molecule has 0 saturated carbocycles. The summed E-state index contributed by atoms with van der Waals surface area (Å²) >= 11 is 0. The molecule has 9 rings (SSSR count). The Labute approximate surface area is 302 Å². The molecule has 0 spiro atoms. The van der Waals surface area contributed by atoms with Crippen LogP contribution >= 0.6 is 0 Å². The number of hydrogen-bond acceptors (Lipinski definition) is 4. The lowest BCUT2D eigenvalue weighted by atomic mass is 9.94. The number of benzene rings is 7. The molecule has 2 aromatic heterocycles. The number of aromatic nitrogens is 3. The van der Waals surface area contributed by atoms with Gasteiger partial charge < -0.3 is 4.42 Å². The van der Waals surface area contributed by atoms with Crippen molar-refractivity contribution in [2.24, 2.45) is 0 Å². The Hall–Kier alpha value is -6.91. The van der Waals surface area contributed by atoms with Crippen LogP contribution in [0.5, 0.6) is 0 Å². The van der Waals surface area contributed by atoms with Crippen LogP contribution in [0, 0.1) is 0 Å². The largest absolute Gasteiger partial charge is 0.455 e. The van der Waals surface area contributed by atoms with Gasteiger partial charge in [-0.1, -0.05) is 146 Å². The standard InChI is InChI=1S/C48H33N3O/c1-3-32-30-37(33-15-6-4-7-16-33)26-25-36(32)29-31(2)46-49-47(35-18-8-5-9-19-35)51-48(50-46)42-28-27-40(39-23-14-20-34-17-10-11-21-38(34)39)45-44(42)41-22-12-13-24-43(41)52-45/h3-30H,1H2,2H3/b31-29+. The van der Waals surface area contributed by atoms with Crippen LogP contribution in [0.4, 0.5) is 0 Å². The minimum absolute atomic E-state index is 0.584. The van der Waals surface area contributed by atoms with E-state index in [-0.39, 0.29) is 0 Å². The monoisotopic (exact) mass is 667 g/mol. The molecule has 0 bridgehead atoms. The second kappa shape index (κ2) is 13.1. The maximum Gasteiger partial charge on any atom is 0.164 e. The molecule has 0 unspecified atom stereocenters. The normalized spacial score (nSPS) is 11.8. The highest BCUT2D eigenvalue weighted by atomic mass is 16.3. The van der Waals surface area contributed by atoms with Gasteiger partial charge in [0.25, 0.3) is 0 Å². The van der Waals surface area contributed by atoms with E-state index in [1.807, 2.05) is 60.7 Å². The molecule has 2 heterocycles. The average Bonchev–Trinajstić information content (AvgIpc) is 3.61. The van der Waals surface area contributed by atoms with Gasteiger partial charge in [0.1, 0.15) is 11.2 Å². The summed E-state index contributed by atoms with van der Waals surface area (Å²) in [5, 5.41) is 4.34. The Kier molecular flexibility index (Phi) is 7.83. The van der Waals surface area contributed by atoms with E-state index in [9.17, 15) is 0 Å². The first-order valence-corrected chi connectivity index (χ1v) is 17.4. The summed E-state index contributed by atoms with van der Waals surface area (Å²) in [6.07, 6.45) is 4.03. The van der Waals surface area contributed by atoms with Crippen molar-refractivity contribution in [2.75, 3.05) is 0 Å². The fourth-order valence-electron chi connectivity index (χ4n) is 7.07. The lowest BCUT2D eigenvalue weighted by Crippen LogP contribution is -2.02. The minimum Gasteiger partial charge on any atom is -0.455 e. The van der Waals surface area contributed by atoms with Crippen molar-refractivity contribution in [3.8, 4) is 45.0 Å². The molecule has 52 heavy (non-hydrogen) atoms. The molecule has 0 fully saturated rings. The highest BCUT2D eigenvalue weighted by Gasteiger charge is 2.21. The smallest absolute Gasteiger partial charge is 0.164 e. The van der Waals surface area contributed by atoms with Crippen molar-refractivity contribution in [1.82, 2.24) is 15.0 Å². The van der Waals surface area contributed by atoms with Gasteiger partial charge in [-0.15, -0.1) is 0 Å². The second-order valence-electron chi connectivity index (χ2n) is 12.9. The summed E-state index contributed by atoms with van der Waals surface area (Å²) in [6.45, 7) is 6.18. The molecule has 4 nitrogen and oxygen atoms in total. The third kappa shape index (κ3) is 5.57. The Morgan fingerprint density at radius 1 is 0.538 bits per heavy atom. The van der Waals surface area contributed by atoms with Gasteiger partial charge in [0.15, 0.2) is 17.5 Å². The highest BCUT2D eigenvalue weighted by Crippen LogP contribution is 2.43. The molecule has 0 amide bonds. The first-order chi connectivity index (χ1) is 25.6. The Morgan fingerprint density at radius 3 is 2.02 bits per heavy atom. The van der Waals surface area contributed by atoms with Crippen molar-refractivity contribution in [3.05, 3.63) is 181 Å². The number of rotatable bonds is 7. The number of furan rings is 1. The van der Waals surface area contributed by atoms with Crippen LogP contribution < -0.4 is 0 Å². The topological polar surface area (TPSA) is 51.8 Å². The van der Waals surface area contributed by atoms with Crippen LogP contribution in [0.15, 0.2) is 169 Å². The van der Waals surface area contributed by atoms with E-state index in [2.05, 4.69) is 123 Å². The number of nitrogens with zero attached hydrogens (tertiary/aromatic N) is 3. The maximum atomic E-state index is 6.70. The van der Waals surface area contributed by atoms with Gasteiger partial charge in [-0.25, -0.2) is 15.0 Å². The molecule has 7 aromatic carbocycles. The fourth-order valence-corrected chi connectivity index (χ4v) is 7.07. The van der Waals surface area contributed by atoms with E-state index >= 15 is 0 Å². The average molecular weight is 668 g/mol. The molecule has 0 aliphatic heterocycles. The van der Waals surface area contributed by atoms with Gasteiger partial charge in [0.05, 0.1) is 0 Å². The van der Waals surface area contributed by atoms with Gasteiger partial charge in [-0.3, -0.25) is 0 Å². The lowest BCUT2D eigenvalue weighted by molar-refractivity contribution is 0.670. The third-order valence-electron chi connectivity index (χ3n) is 9.65. The second-order valence-corrected chi connectivity index (χ2v) is 12.9. The molecule has 4 heteroatoms. The molecular formula is C48H33N3O. The van der Waals surface area contributed by atoms with E-state index in [1.165, 1.54) is 10.8 Å². The zero-order chi connectivity index (χ0) is 35.0. The zero-order valence-electron chi connectivity index (χ0n) is 28.6. The molecule has 9 aromatic rings. The molecular weight excluding hydrogens is 635 g/mol. The fraction of sp³-hybridized carbons (Fsp3) is 0.0208. The van der Waals surface area contributed by atoms with Crippen molar-refractivity contribution < 1.29 is 4.42 Å². The molecule has 0 radical (unpaired) electrons. The van der Waals surface area contributed by atoms with Gasteiger partial charge in [0, 0.05) is 27.5 Å². The van der Waals surface area contributed by atoms with Crippen LogP contribution in [0.2, 0.25) is 0 Å². The first-order valence-electron chi connectivity index (χ1n) is 17.4. The van der Waals surface area contributed by atoms with Crippen LogP contribution in [0.1, 0.15) is 23.9 Å². The van der Waals surface area contributed by atoms with Crippen LogP contribution in [-0.2, 0) is 0 Å². The van der Waals surface area contributed by atoms with E-state index in [1.54, 1.807) is 0 Å². The molecule has 0 saturated heterocycles. The lowest BCUT2D eigenvalue weighted by Gasteiger charge is -2.12. The number of hydrogen-bond donors (Lipinski definition) is 0. The van der Waals surface area contributed by atoms with E-state index < -0.39 is 0 Å². The van der Waals surface area contributed by atoms with Crippen molar-refractivity contribution in [3.63, 3.8) is 0 Å². The molecule has 0 atom stereocenters. The minimum atomic E-state index is 0.584. The highest BCUT2D eigenvalue weighted by molar-refractivity contribution is 6.17. The predicted octanol–water partition coefficient (Wildman–Crippen LogP) is 12.8. The Morgan fingerprint density at radius 2 is 1.21 bits per heavy atom. The van der Waals surface area contributed by atoms with E-state index in [0.717, 1.165) is 72.0 Å². The van der Waals surface area contributed by atoms with Gasteiger partial charge in [-0.05, 0) is 81.4 Å². The van der Waals surface area contributed by atoms with Gasteiger partial charge in [0.2, 0.25) is 0 Å². The van der Waals surface area contributed by atoms with Gasteiger partial charge in [-0.2, -0.15) is 0 Å². The Bertz CT molecular complexity index is 2810. The van der Waals surface area contributed by atoms with E-state index in [0.29, 0.717) is 17.5 Å². The first kappa shape index (κ1) is 31.1. The maximum absolute atomic E-state index is 6.70. The molecule has 0 aliphatic carbocycles. The number of para-hydroxylation sites is 1. The summed E-state index contributed by atoms with van der Waals surface area (Å²) in [5.74, 6) is 1.79. The van der Waals surface area contributed by atoms with E-state index in [4.69, 9.17) is 19.4 Å². The van der Waals surface area contributed by atoms with Crippen molar-refractivity contribution in [2.45, 2.75) is 6.92 Å². The van der Waals surface area contributed by atoms with Gasteiger partial charge >= 0.3 is 0 Å². The summed E-state index contributed by atoms with van der Waals surface area (Å²) in [6, 6.07) is 54.3. The predicted molar refractivity (Wildman–Crippen MR) is 216 cm³/mol. The van der Waals surface area contributed by atoms with Crippen LogP contribution in [0.3, 0.4) is 0 Å². The molecule has 0 aliphatic rings. The third-order valence-corrected chi connectivity index (χ3v) is 9.65. The SMILES string of the molecule is C=Cc1cc(-c2ccccc2)ccc1/C=C(\C)c1nc(-c2ccccc2)nc(-c2ccc(-c3cccc4ccccc34)c3oc4ccccc4c23)n1. The van der Waals surface area contributed by atoms with Crippen LogP contribution in [0.25, 0.3) is 95.5 Å². The molecule has 0 N–H and O–H groups in total. The Balaban J connectivity index is 1.24. The van der Waals surface area contributed by atoms with Crippen molar-refractivity contribution in [1.29, 1.82) is 0 Å². The molecule has 246 valence electrons. The summed E-state index contributed by atoms with van der Waals surface area (Å²) in [4.78, 5) is 15.3. The zero-order valence-corrected chi connectivity index (χ0v) is 28.6. The van der Waals surface area contributed by atoms with Crippen LogP contribution in [-0.4, -0.2) is 15.0 Å². The summed E-state index contributed by atoms with van der Waals surface area (Å²) in [5.41, 5.74) is 10.9. The van der Waals surface area contributed by atoms with Crippen molar-refractivity contribution >= 4 is 50.4 Å². The number of fused-ring (bicyclic) bond motifs is 4. The number of allylic oxidation sites excluding steroid dienone is 1.